The van der Waals surface area contributed by atoms with Gasteiger partial charge in [-0.25, -0.2) is 0 Å². The molecule has 0 amide bonds. The second-order valence-corrected chi connectivity index (χ2v) is 14.3. The standard InChI is InChI=1S/C33H46P/c1-2-3-4-5-6-7-8-9-10-20-27-34(28-31-21-14-11-15-22-31,29-32-23-16-12-17-24-32)30-33-25-18-13-19-26-33/h11-19,21-26H,2-10,20,27-30H2,1H3/q+1. The predicted molar refractivity (Wildman–Crippen MR) is 154 cm³/mol. The zero-order chi connectivity index (χ0) is 23.7. The van der Waals surface area contributed by atoms with E-state index in [0.29, 0.717) is 0 Å². The fourth-order valence-electron chi connectivity index (χ4n) is 5.25. The highest BCUT2D eigenvalue weighted by Crippen LogP contribution is 2.67. The van der Waals surface area contributed by atoms with Gasteiger partial charge >= 0.3 is 0 Å². The highest BCUT2D eigenvalue weighted by molar-refractivity contribution is 7.73. The minimum Gasteiger partial charge on any atom is -0.0654 e. The van der Waals surface area contributed by atoms with Crippen LogP contribution in [0.2, 0.25) is 0 Å². The molecular formula is C33H46P+. The highest BCUT2D eigenvalue weighted by atomic mass is 31.2. The Morgan fingerprint density at radius 1 is 0.412 bits per heavy atom. The van der Waals surface area contributed by atoms with Gasteiger partial charge in [-0.05, 0) is 29.5 Å². The Balaban J connectivity index is 1.65. The lowest BCUT2D eigenvalue weighted by Crippen LogP contribution is -2.09. The molecule has 0 N–H and O–H groups in total. The molecule has 0 atom stereocenters. The van der Waals surface area contributed by atoms with E-state index in [-0.39, 0.29) is 0 Å². The lowest BCUT2D eigenvalue weighted by atomic mass is 10.1. The summed E-state index contributed by atoms with van der Waals surface area (Å²) in [4.78, 5) is 0. The summed E-state index contributed by atoms with van der Waals surface area (Å²) in [6.45, 7) is 2.30. The number of benzene rings is 3. The Labute approximate surface area is 210 Å². The Morgan fingerprint density at radius 2 is 0.735 bits per heavy atom. The van der Waals surface area contributed by atoms with E-state index in [9.17, 15) is 0 Å². The minimum absolute atomic E-state index is 1.24. The van der Waals surface area contributed by atoms with E-state index < -0.39 is 7.26 Å². The van der Waals surface area contributed by atoms with E-state index in [0.717, 1.165) is 0 Å². The summed E-state index contributed by atoms with van der Waals surface area (Å²) < 4.78 is 0. The van der Waals surface area contributed by atoms with Gasteiger partial charge in [0.1, 0.15) is 0 Å². The summed E-state index contributed by atoms with van der Waals surface area (Å²) in [5.74, 6) is 0. The number of rotatable bonds is 17. The molecule has 182 valence electrons. The Kier molecular flexibility index (Phi) is 12.5. The largest absolute Gasteiger partial charge is 0.0849 e. The number of unbranched alkanes of at least 4 members (excludes halogenated alkanes) is 9. The maximum atomic E-state index is 2.35. The van der Waals surface area contributed by atoms with Crippen molar-refractivity contribution in [2.45, 2.75) is 89.6 Å². The molecule has 0 nitrogen and oxygen atoms in total. The van der Waals surface area contributed by atoms with E-state index in [2.05, 4.69) is 97.9 Å². The summed E-state index contributed by atoms with van der Waals surface area (Å²) in [6.07, 6.45) is 19.3. The quantitative estimate of drug-likeness (QED) is 0.135. The summed E-state index contributed by atoms with van der Waals surface area (Å²) in [7, 11) is -1.24. The fraction of sp³-hybridized carbons (Fsp3) is 0.455. The van der Waals surface area contributed by atoms with Crippen molar-refractivity contribution in [3.8, 4) is 0 Å². The van der Waals surface area contributed by atoms with Crippen LogP contribution in [0.3, 0.4) is 0 Å². The Hall–Kier alpha value is -1.91. The monoisotopic (exact) mass is 473 g/mol. The molecule has 0 aliphatic carbocycles. The van der Waals surface area contributed by atoms with Gasteiger partial charge in [0.25, 0.3) is 0 Å². The molecule has 0 aliphatic heterocycles. The van der Waals surface area contributed by atoms with Gasteiger partial charge in [-0.15, -0.1) is 0 Å². The zero-order valence-electron chi connectivity index (χ0n) is 21.5. The molecule has 3 aromatic carbocycles. The number of hydrogen-bond acceptors (Lipinski definition) is 0. The Bertz CT molecular complexity index is 771. The molecule has 34 heavy (non-hydrogen) atoms. The van der Waals surface area contributed by atoms with Crippen LogP contribution in [0.25, 0.3) is 0 Å². The van der Waals surface area contributed by atoms with Gasteiger partial charge in [-0.2, -0.15) is 0 Å². The fourth-order valence-corrected chi connectivity index (χ4v) is 9.91. The smallest absolute Gasteiger partial charge is 0.0654 e. The molecule has 0 unspecified atom stereocenters. The average Bonchev–Trinajstić information content (AvgIpc) is 2.87. The van der Waals surface area contributed by atoms with Crippen molar-refractivity contribution >= 4 is 7.26 Å². The third kappa shape index (κ3) is 10.1. The first-order chi connectivity index (χ1) is 16.8. The van der Waals surface area contributed by atoms with Crippen LogP contribution < -0.4 is 0 Å². The van der Waals surface area contributed by atoms with Gasteiger partial charge in [0.15, 0.2) is 0 Å². The highest BCUT2D eigenvalue weighted by Gasteiger charge is 2.37. The van der Waals surface area contributed by atoms with Gasteiger partial charge in [0.2, 0.25) is 0 Å². The third-order valence-electron chi connectivity index (χ3n) is 7.07. The predicted octanol–water partition coefficient (Wildman–Crippen LogP) is 10.5. The first-order valence-electron chi connectivity index (χ1n) is 13.8. The van der Waals surface area contributed by atoms with E-state index >= 15 is 0 Å². The molecule has 0 fully saturated rings. The van der Waals surface area contributed by atoms with E-state index in [1.165, 1.54) is 106 Å². The van der Waals surface area contributed by atoms with Gasteiger partial charge in [-0.3, -0.25) is 0 Å². The van der Waals surface area contributed by atoms with E-state index in [4.69, 9.17) is 0 Å². The normalized spacial score (nSPS) is 11.6. The molecule has 0 aromatic heterocycles. The summed E-state index contributed by atoms with van der Waals surface area (Å²) in [5, 5.41) is 0. The van der Waals surface area contributed by atoms with Crippen molar-refractivity contribution in [2.24, 2.45) is 0 Å². The lowest BCUT2D eigenvalue weighted by molar-refractivity contribution is 0.562. The first kappa shape index (κ1) is 26.7. The van der Waals surface area contributed by atoms with Crippen LogP contribution in [0.1, 0.15) is 87.8 Å². The maximum absolute atomic E-state index is 2.35. The van der Waals surface area contributed by atoms with Crippen LogP contribution in [0.4, 0.5) is 0 Å². The molecular weight excluding hydrogens is 427 g/mol. The number of hydrogen-bond donors (Lipinski definition) is 0. The van der Waals surface area contributed by atoms with Crippen molar-refractivity contribution < 1.29 is 0 Å². The first-order valence-corrected chi connectivity index (χ1v) is 16.3. The van der Waals surface area contributed by atoms with Crippen molar-refractivity contribution in [3.63, 3.8) is 0 Å². The minimum atomic E-state index is -1.24. The maximum Gasteiger partial charge on any atom is 0.0849 e. The molecule has 0 radical (unpaired) electrons. The molecule has 0 heterocycles. The summed E-state index contributed by atoms with van der Waals surface area (Å²) in [6, 6.07) is 33.9. The molecule has 3 rings (SSSR count). The molecule has 0 bridgehead atoms. The van der Waals surface area contributed by atoms with Crippen LogP contribution >= 0.6 is 7.26 Å². The lowest BCUT2D eigenvalue weighted by Gasteiger charge is -2.29. The van der Waals surface area contributed by atoms with Crippen molar-refractivity contribution in [3.05, 3.63) is 108 Å². The second-order valence-electron chi connectivity index (χ2n) is 10.2. The van der Waals surface area contributed by atoms with Crippen LogP contribution in [0.5, 0.6) is 0 Å². The van der Waals surface area contributed by atoms with Crippen molar-refractivity contribution in [1.82, 2.24) is 0 Å². The van der Waals surface area contributed by atoms with E-state index in [1.807, 2.05) is 0 Å². The van der Waals surface area contributed by atoms with Crippen molar-refractivity contribution in [1.29, 1.82) is 0 Å². The van der Waals surface area contributed by atoms with E-state index in [1.54, 1.807) is 0 Å². The van der Waals surface area contributed by atoms with Crippen LogP contribution in [-0.2, 0) is 18.5 Å². The second kappa shape index (κ2) is 15.9. The Morgan fingerprint density at radius 3 is 1.09 bits per heavy atom. The molecule has 1 heteroatoms. The molecule has 0 saturated heterocycles. The van der Waals surface area contributed by atoms with Crippen molar-refractivity contribution in [2.75, 3.05) is 6.16 Å². The topological polar surface area (TPSA) is 0 Å². The molecule has 0 aliphatic rings. The van der Waals surface area contributed by atoms with Gasteiger partial charge in [0.05, 0.1) is 24.6 Å². The van der Waals surface area contributed by atoms with Gasteiger partial charge in [0, 0.05) is 7.26 Å². The van der Waals surface area contributed by atoms with Gasteiger partial charge in [-0.1, -0.05) is 149 Å². The van der Waals surface area contributed by atoms with Crippen LogP contribution in [0, 0.1) is 0 Å². The molecule has 3 aromatic rings. The SMILES string of the molecule is CCCCCCCCCCCC[P+](Cc1ccccc1)(Cc1ccccc1)Cc1ccccc1. The zero-order valence-corrected chi connectivity index (χ0v) is 22.4. The molecule has 0 saturated carbocycles. The molecule has 0 spiro atoms. The van der Waals surface area contributed by atoms with Gasteiger partial charge < -0.3 is 0 Å². The average molecular weight is 474 g/mol. The third-order valence-corrected chi connectivity index (χ3v) is 11.4. The van der Waals surface area contributed by atoms with Crippen LogP contribution in [0.15, 0.2) is 91.0 Å². The van der Waals surface area contributed by atoms with Crippen LogP contribution in [-0.4, -0.2) is 6.16 Å². The summed E-state index contributed by atoms with van der Waals surface area (Å²) in [5.41, 5.74) is 4.57. The summed E-state index contributed by atoms with van der Waals surface area (Å²) >= 11 is 0.